The van der Waals surface area contributed by atoms with E-state index in [1.54, 1.807) is 6.92 Å². The van der Waals surface area contributed by atoms with Crippen LogP contribution in [0.2, 0.25) is 0 Å². The summed E-state index contributed by atoms with van der Waals surface area (Å²) in [6, 6.07) is 2.81. The molecule has 0 spiro atoms. The number of rotatable bonds is 6. The largest absolute Gasteiger partial charge is 0.478 e. The van der Waals surface area contributed by atoms with Crippen LogP contribution in [0.1, 0.15) is 22.8 Å². The predicted octanol–water partition coefficient (Wildman–Crippen LogP) is 2.58. The summed E-state index contributed by atoms with van der Waals surface area (Å²) in [7, 11) is -0.992. The molecular weight excluding hydrogens is 295 g/mol. The average molecular weight is 309 g/mol. The summed E-state index contributed by atoms with van der Waals surface area (Å²) >= 11 is 0. The summed E-state index contributed by atoms with van der Waals surface area (Å²) < 4.78 is 49.1. The molecule has 0 radical (unpaired) electrons. The van der Waals surface area contributed by atoms with Gasteiger partial charge in [-0.15, -0.1) is 0 Å². The zero-order chi connectivity index (χ0) is 15.3. The Kier molecular flexibility index (Phi) is 5.55. The highest BCUT2D eigenvalue weighted by molar-refractivity contribution is 7.84. The molecule has 20 heavy (non-hydrogen) atoms. The standard InChI is InChI=1S/C12H14F3NO3S/c1-2-20(19)6-5-16-8-3-4-10(12(13,14)15)9(7-8)11(17)18/h3-4,7,16H,2,5-6H2,1H3,(H,17,18). The number of aromatic carboxylic acids is 1. The Labute approximate surface area is 116 Å². The molecule has 0 fully saturated rings. The van der Waals surface area contributed by atoms with Crippen molar-refractivity contribution in [1.82, 2.24) is 0 Å². The Morgan fingerprint density at radius 2 is 2.05 bits per heavy atom. The van der Waals surface area contributed by atoms with Gasteiger partial charge in [-0.05, 0) is 18.2 Å². The minimum absolute atomic E-state index is 0.253. The number of hydrogen-bond donors (Lipinski definition) is 2. The molecule has 0 heterocycles. The van der Waals surface area contributed by atoms with E-state index < -0.39 is 34.1 Å². The molecule has 1 aromatic rings. The van der Waals surface area contributed by atoms with Crippen molar-refractivity contribution in [2.45, 2.75) is 13.1 Å². The number of hydrogen-bond acceptors (Lipinski definition) is 3. The number of nitrogens with one attached hydrogen (secondary N) is 1. The number of carboxylic acids is 1. The fourth-order valence-corrected chi connectivity index (χ4v) is 2.15. The number of anilines is 1. The minimum atomic E-state index is -4.71. The lowest BCUT2D eigenvalue weighted by Crippen LogP contribution is -2.15. The van der Waals surface area contributed by atoms with Gasteiger partial charge in [-0.1, -0.05) is 6.92 Å². The topological polar surface area (TPSA) is 66.4 Å². The molecule has 2 N–H and O–H groups in total. The van der Waals surface area contributed by atoms with E-state index in [0.717, 1.165) is 18.2 Å². The van der Waals surface area contributed by atoms with Gasteiger partial charge < -0.3 is 10.4 Å². The summed E-state index contributed by atoms with van der Waals surface area (Å²) in [6.07, 6.45) is -4.71. The molecule has 4 nitrogen and oxygen atoms in total. The van der Waals surface area contributed by atoms with Crippen molar-refractivity contribution >= 4 is 22.5 Å². The molecule has 1 rings (SSSR count). The third-order valence-corrected chi connectivity index (χ3v) is 3.84. The summed E-state index contributed by atoms with van der Waals surface area (Å²) in [5.74, 6) is -0.798. The van der Waals surface area contributed by atoms with E-state index >= 15 is 0 Å². The van der Waals surface area contributed by atoms with Crippen molar-refractivity contribution in [1.29, 1.82) is 0 Å². The van der Waals surface area contributed by atoms with E-state index in [2.05, 4.69) is 5.32 Å². The number of benzene rings is 1. The second-order valence-electron chi connectivity index (χ2n) is 3.92. The van der Waals surface area contributed by atoms with E-state index in [1.807, 2.05) is 0 Å². The van der Waals surface area contributed by atoms with Gasteiger partial charge in [-0.3, -0.25) is 4.21 Å². The van der Waals surface area contributed by atoms with Gasteiger partial charge in [0.05, 0.1) is 11.1 Å². The van der Waals surface area contributed by atoms with Crippen LogP contribution < -0.4 is 5.32 Å². The lowest BCUT2D eigenvalue weighted by molar-refractivity contribution is -0.138. The van der Waals surface area contributed by atoms with Gasteiger partial charge in [0.15, 0.2) is 0 Å². The van der Waals surface area contributed by atoms with E-state index in [0.29, 0.717) is 18.1 Å². The molecule has 0 aromatic heterocycles. The highest BCUT2D eigenvalue weighted by atomic mass is 32.2. The van der Waals surface area contributed by atoms with Crippen LogP contribution >= 0.6 is 0 Å². The van der Waals surface area contributed by atoms with E-state index in [9.17, 15) is 22.2 Å². The van der Waals surface area contributed by atoms with Crippen LogP contribution in [-0.4, -0.2) is 33.3 Å². The first-order valence-corrected chi connectivity index (χ1v) is 7.28. The molecule has 1 aromatic carbocycles. The first kappa shape index (κ1) is 16.5. The van der Waals surface area contributed by atoms with E-state index in [4.69, 9.17) is 5.11 Å². The van der Waals surface area contributed by atoms with Crippen LogP contribution in [0.15, 0.2) is 18.2 Å². The fraction of sp³-hybridized carbons (Fsp3) is 0.417. The Morgan fingerprint density at radius 3 is 2.55 bits per heavy atom. The Hall–Kier alpha value is -1.57. The lowest BCUT2D eigenvalue weighted by Gasteiger charge is -2.12. The normalized spacial score (nSPS) is 13.0. The molecule has 0 aliphatic carbocycles. The molecule has 8 heteroatoms. The molecule has 0 saturated heterocycles. The molecular formula is C12H14F3NO3S. The molecule has 1 unspecified atom stereocenters. The number of carbonyl (C=O) groups is 1. The molecule has 0 aliphatic heterocycles. The SMILES string of the molecule is CCS(=O)CCNc1ccc(C(F)(F)F)c(C(=O)O)c1. The molecule has 0 saturated carbocycles. The first-order chi connectivity index (χ1) is 9.25. The van der Waals surface area contributed by atoms with Crippen molar-refractivity contribution in [2.24, 2.45) is 0 Å². The van der Waals surface area contributed by atoms with Crippen molar-refractivity contribution in [3.63, 3.8) is 0 Å². The third kappa shape index (κ3) is 4.52. The molecule has 1 atom stereocenters. The van der Waals surface area contributed by atoms with Gasteiger partial charge in [0.2, 0.25) is 0 Å². The monoisotopic (exact) mass is 309 g/mol. The molecule has 0 aliphatic rings. The lowest BCUT2D eigenvalue weighted by atomic mass is 10.1. The van der Waals surface area contributed by atoms with Crippen LogP contribution in [0.4, 0.5) is 18.9 Å². The predicted molar refractivity (Wildman–Crippen MR) is 70.4 cm³/mol. The van der Waals surface area contributed by atoms with Gasteiger partial charge >= 0.3 is 12.1 Å². The zero-order valence-corrected chi connectivity index (χ0v) is 11.5. The Balaban J connectivity index is 2.89. The third-order valence-electron chi connectivity index (χ3n) is 2.54. The van der Waals surface area contributed by atoms with E-state index in [-0.39, 0.29) is 5.69 Å². The number of halogens is 3. The highest BCUT2D eigenvalue weighted by Gasteiger charge is 2.35. The van der Waals surface area contributed by atoms with Crippen molar-refractivity contribution in [2.75, 3.05) is 23.4 Å². The number of carboxylic acid groups (broad SMARTS) is 1. The van der Waals surface area contributed by atoms with Crippen LogP contribution in [0.25, 0.3) is 0 Å². The molecule has 112 valence electrons. The highest BCUT2D eigenvalue weighted by Crippen LogP contribution is 2.33. The van der Waals surface area contributed by atoms with Crippen molar-refractivity contribution in [3.05, 3.63) is 29.3 Å². The van der Waals surface area contributed by atoms with Gasteiger partial charge in [-0.25, -0.2) is 4.79 Å². The van der Waals surface area contributed by atoms with Crippen molar-refractivity contribution < 1.29 is 27.3 Å². The van der Waals surface area contributed by atoms with Crippen LogP contribution in [0.5, 0.6) is 0 Å². The summed E-state index contributed by atoms with van der Waals surface area (Å²) in [6.45, 7) is 2.06. The number of alkyl halides is 3. The van der Waals surface area contributed by atoms with Gasteiger partial charge in [-0.2, -0.15) is 13.2 Å². The maximum absolute atomic E-state index is 12.6. The quantitative estimate of drug-likeness (QED) is 0.847. The smallest absolute Gasteiger partial charge is 0.417 e. The Morgan fingerprint density at radius 1 is 1.40 bits per heavy atom. The van der Waals surface area contributed by atoms with Crippen LogP contribution in [-0.2, 0) is 17.0 Å². The van der Waals surface area contributed by atoms with Crippen molar-refractivity contribution in [3.8, 4) is 0 Å². The maximum atomic E-state index is 12.6. The van der Waals surface area contributed by atoms with E-state index in [1.165, 1.54) is 0 Å². The van der Waals surface area contributed by atoms with Crippen LogP contribution in [0, 0.1) is 0 Å². The maximum Gasteiger partial charge on any atom is 0.417 e. The van der Waals surface area contributed by atoms with Gasteiger partial charge in [0.1, 0.15) is 0 Å². The second kappa shape index (κ2) is 6.74. The molecule has 0 amide bonds. The zero-order valence-electron chi connectivity index (χ0n) is 10.7. The second-order valence-corrected chi connectivity index (χ2v) is 5.79. The Bertz CT molecular complexity index is 517. The van der Waals surface area contributed by atoms with Gasteiger partial charge in [0.25, 0.3) is 0 Å². The average Bonchev–Trinajstić information content (AvgIpc) is 2.37. The summed E-state index contributed by atoms with van der Waals surface area (Å²) in [4.78, 5) is 10.9. The van der Waals surface area contributed by atoms with Gasteiger partial charge in [0, 0.05) is 34.5 Å². The molecule has 0 bridgehead atoms. The fourth-order valence-electron chi connectivity index (χ4n) is 1.53. The van der Waals surface area contributed by atoms with Crippen LogP contribution in [0.3, 0.4) is 0 Å². The summed E-state index contributed by atoms with van der Waals surface area (Å²) in [5, 5.41) is 11.6. The first-order valence-electron chi connectivity index (χ1n) is 5.79. The summed E-state index contributed by atoms with van der Waals surface area (Å²) in [5.41, 5.74) is -1.74. The minimum Gasteiger partial charge on any atom is -0.478 e.